The Morgan fingerprint density at radius 3 is 2.52 bits per heavy atom. The van der Waals surface area contributed by atoms with E-state index in [-0.39, 0.29) is 5.91 Å². The molecule has 0 unspecified atom stereocenters. The van der Waals surface area contributed by atoms with Gasteiger partial charge >= 0.3 is 0 Å². The summed E-state index contributed by atoms with van der Waals surface area (Å²) in [5.41, 5.74) is 4.18. The number of aromatic nitrogens is 1. The third kappa shape index (κ3) is 5.15. The van der Waals surface area contributed by atoms with Crippen LogP contribution in [0.4, 0.5) is 0 Å². The molecule has 3 rings (SSSR count). The lowest BCUT2D eigenvalue weighted by Gasteiger charge is -2.11. The second-order valence-electron chi connectivity index (χ2n) is 6.54. The van der Waals surface area contributed by atoms with Crippen molar-refractivity contribution in [2.75, 3.05) is 20.8 Å². The minimum Gasteiger partial charge on any atom is -0.493 e. The zero-order valence-corrected chi connectivity index (χ0v) is 18.2. The van der Waals surface area contributed by atoms with Gasteiger partial charge < -0.3 is 14.8 Å². The Bertz CT molecular complexity index is 1020. The van der Waals surface area contributed by atoms with Crippen molar-refractivity contribution in [1.29, 1.82) is 0 Å². The minimum atomic E-state index is -0.128. The number of nitrogens with one attached hydrogen (secondary N) is 1. The van der Waals surface area contributed by atoms with Crippen molar-refractivity contribution >= 4 is 21.8 Å². The monoisotopic (exact) mass is 454 g/mol. The molecule has 0 saturated carbocycles. The molecule has 2 aromatic carbocycles. The molecule has 0 spiro atoms. The van der Waals surface area contributed by atoms with Crippen LogP contribution < -0.4 is 14.8 Å². The van der Waals surface area contributed by atoms with Crippen molar-refractivity contribution in [3.63, 3.8) is 0 Å². The topological polar surface area (TPSA) is 60.5 Å². The van der Waals surface area contributed by atoms with E-state index in [1.165, 1.54) is 0 Å². The molecule has 0 radical (unpaired) electrons. The first-order chi connectivity index (χ1) is 14.0. The Kier molecular flexibility index (Phi) is 6.88. The molecule has 0 aliphatic rings. The van der Waals surface area contributed by atoms with E-state index in [1.807, 2.05) is 61.5 Å². The predicted molar refractivity (Wildman–Crippen MR) is 118 cm³/mol. The van der Waals surface area contributed by atoms with Gasteiger partial charge in [0.25, 0.3) is 5.91 Å². The highest BCUT2D eigenvalue weighted by Crippen LogP contribution is 2.27. The molecule has 0 fully saturated rings. The molecule has 3 aromatic rings. The van der Waals surface area contributed by atoms with Gasteiger partial charge in [0, 0.05) is 16.6 Å². The number of ether oxygens (including phenoxy) is 2. The molecular formula is C23H23BrN2O3. The number of nitrogens with zero attached hydrogens (tertiary/aromatic N) is 1. The number of hydrogen-bond donors (Lipinski definition) is 1. The van der Waals surface area contributed by atoms with Gasteiger partial charge in [-0.2, -0.15) is 0 Å². The first-order valence-corrected chi connectivity index (χ1v) is 10.0. The molecule has 0 atom stereocenters. The van der Waals surface area contributed by atoms with Crippen LogP contribution in [0.3, 0.4) is 0 Å². The van der Waals surface area contributed by atoms with Gasteiger partial charge in [0.1, 0.15) is 0 Å². The van der Waals surface area contributed by atoms with E-state index >= 15 is 0 Å². The zero-order valence-electron chi connectivity index (χ0n) is 16.7. The van der Waals surface area contributed by atoms with E-state index in [2.05, 4.69) is 26.2 Å². The quantitative estimate of drug-likeness (QED) is 0.556. The molecule has 1 aromatic heterocycles. The van der Waals surface area contributed by atoms with Crippen LogP contribution in [0.15, 0.2) is 59.1 Å². The van der Waals surface area contributed by atoms with Crippen molar-refractivity contribution in [2.45, 2.75) is 13.3 Å². The third-order valence-electron chi connectivity index (χ3n) is 4.60. The molecule has 5 nitrogen and oxygen atoms in total. The van der Waals surface area contributed by atoms with Crippen LogP contribution >= 0.6 is 15.9 Å². The number of rotatable bonds is 7. The molecule has 150 valence electrons. The fourth-order valence-corrected chi connectivity index (χ4v) is 3.46. The van der Waals surface area contributed by atoms with Crippen molar-refractivity contribution in [3.05, 3.63) is 75.9 Å². The average Bonchev–Trinajstić information content (AvgIpc) is 2.73. The highest BCUT2D eigenvalue weighted by molar-refractivity contribution is 9.10. The van der Waals surface area contributed by atoms with Gasteiger partial charge in [-0.05, 0) is 55.3 Å². The Morgan fingerprint density at radius 2 is 1.83 bits per heavy atom. The second-order valence-corrected chi connectivity index (χ2v) is 7.45. The predicted octanol–water partition coefficient (Wildman–Crippen LogP) is 4.81. The van der Waals surface area contributed by atoms with E-state index in [9.17, 15) is 4.79 Å². The van der Waals surface area contributed by atoms with Crippen molar-refractivity contribution in [2.24, 2.45) is 0 Å². The van der Waals surface area contributed by atoms with Gasteiger partial charge in [-0.3, -0.25) is 9.78 Å². The SMILES string of the molecule is COc1ccc(CCNC(=O)c2ccc(-c3cccc(Br)c3)nc2C)cc1OC. The second kappa shape index (κ2) is 9.56. The van der Waals surface area contributed by atoms with E-state index < -0.39 is 0 Å². The molecule has 1 heterocycles. The fraction of sp³-hybridized carbons (Fsp3) is 0.217. The normalized spacial score (nSPS) is 10.5. The van der Waals surface area contributed by atoms with Crippen LogP contribution in [0.25, 0.3) is 11.3 Å². The van der Waals surface area contributed by atoms with Crippen LogP contribution in [-0.4, -0.2) is 31.7 Å². The van der Waals surface area contributed by atoms with Crippen LogP contribution in [0, 0.1) is 6.92 Å². The standard InChI is InChI=1S/C23H23BrN2O3/c1-15-19(8-9-20(26-15)17-5-4-6-18(24)14-17)23(27)25-12-11-16-7-10-21(28-2)22(13-16)29-3/h4-10,13-14H,11-12H2,1-3H3,(H,25,27). The number of carbonyl (C=O) groups is 1. The Morgan fingerprint density at radius 1 is 1.03 bits per heavy atom. The summed E-state index contributed by atoms with van der Waals surface area (Å²) < 4.78 is 11.6. The first kappa shape index (κ1) is 20.9. The van der Waals surface area contributed by atoms with E-state index in [0.717, 1.165) is 21.3 Å². The molecule has 1 amide bonds. The lowest BCUT2D eigenvalue weighted by Crippen LogP contribution is -2.26. The van der Waals surface area contributed by atoms with E-state index in [0.29, 0.717) is 35.7 Å². The maximum absolute atomic E-state index is 12.6. The lowest BCUT2D eigenvalue weighted by molar-refractivity contribution is 0.0953. The Balaban J connectivity index is 1.64. The summed E-state index contributed by atoms with van der Waals surface area (Å²) in [6.07, 6.45) is 0.689. The zero-order chi connectivity index (χ0) is 20.8. The van der Waals surface area contributed by atoms with Gasteiger partial charge in [-0.15, -0.1) is 0 Å². The van der Waals surface area contributed by atoms with Crippen LogP contribution in [0.1, 0.15) is 21.6 Å². The molecule has 1 N–H and O–H groups in total. The number of aryl methyl sites for hydroxylation is 1. The largest absolute Gasteiger partial charge is 0.493 e. The summed E-state index contributed by atoms with van der Waals surface area (Å²) in [5.74, 6) is 1.24. The van der Waals surface area contributed by atoms with Gasteiger partial charge in [0.05, 0.1) is 31.2 Å². The van der Waals surface area contributed by atoms with Crippen molar-refractivity contribution in [1.82, 2.24) is 10.3 Å². The molecule has 29 heavy (non-hydrogen) atoms. The van der Waals surface area contributed by atoms with Crippen LogP contribution in [-0.2, 0) is 6.42 Å². The number of amides is 1. The van der Waals surface area contributed by atoms with Crippen molar-refractivity contribution < 1.29 is 14.3 Å². The van der Waals surface area contributed by atoms with Crippen LogP contribution in [0.5, 0.6) is 11.5 Å². The maximum atomic E-state index is 12.6. The number of carbonyl (C=O) groups excluding carboxylic acids is 1. The minimum absolute atomic E-state index is 0.128. The number of methoxy groups -OCH3 is 2. The summed E-state index contributed by atoms with van der Waals surface area (Å²) in [7, 11) is 3.22. The average molecular weight is 455 g/mol. The number of pyridine rings is 1. The summed E-state index contributed by atoms with van der Waals surface area (Å²) in [6, 6.07) is 17.4. The van der Waals surface area contributed by atoms with Gasteiger partial charge in [-0.1, -0.05) is 34.1 Å². The van der Waals surface area contributed by atoms with E-state index in [4.69, 9.17) is 9.47 Å². The first-order valence-electron chi connectivity index (χ1n) is 9.24. The fourth-order valence-electron chi connectivity index (χ4n) is 3.06. The number of halogens is 1. The summed E-state index contributed by atoms with van der Waals surface area (Å²) in [5, 5.41) is 2.96. The third-order valence-corrected chi connectivity index (χ3v) is 5.09. The maximum Gasteiger partial charge on any atom is 0.253 e. The highest BCUT2D eigenvalue weighted by Gasteiger charge is 2.12. The summed E-state index contributed by atoms with van der Waals surface area (Å²) in [6.45, 7) is 2.37. The summed E-state index contributed by atoms with van der Waals surface area (Å²) >= 11 is 3.47. The van der Waals surface area contributed by atoms with Crippen LogP contribution in [0.2, 0.25) is 0 Å². The number of benzene rings is 2. The number of hydrogen-bond acceptors (Lipinski definition) is 4. The molecule has 0 bridgehead atoms. The smallest absolute Gasteiger partial charge is 0.253 e. The lowest BCUT2D eigenvalue weighted by atomic mass is 10.1. The summed E-state index contributed by atoms with van der Waals surface area (Å²) in [4.78, 5) is 17.2. The molecule has 0 aliphatic heterocycles. The molecule has 0 saturated heterocycles. The van der Waals surface area contributed by atoms with Crippen molar-refractivity contribution in [3.8, 4) is 22.8 Å². The molecule has 6 heteroatoms. The van der Waals surface area contributed by atoms with Gasteiger partial charge in [-0.25, -0.2) is 0 Å². The van der Waals surface area contributed by atoms with Gasteiger partial charge in [0.2, 0.25) is 0 Å². The Labute approximate surface area is 179 Å². The van der Waals surface area contributed by atoms with Gasteiger partial charge in [0.15, 0.2) is 11.5 Å². The Hall–Kier alpha value is -2.86. The van der Waals surface area contributed by atoms with E-state index in [1.54, 1.807) is 14.2 Å². The molecular weight excluding hydrogens is 432 g/mol. The highest BCUT2D eigenvalue weighted by atomic mass is 79.9. The molecule has 0 aliphatic carbocycles.